The Bertz CT molecular complexity index is 818. The number of aromatic nitrogens is 2. The van der Waals surface area contributed by atoms with E-state index in [2.05, 4.69) is 9.97 Å². The minimum atomic E-state index is -0.692. The van der Waals surface area contributed by atoms with Crippen molar-refractivity contribution >= 4 is 12.0 Å². The Hall–Kier alpha value is -2.60. The summed E-state index contributed by atoms with van der Waals surface area (Å²) < 4.78 is 18.4. The Kier molecular flexibility index (Phi) is 4.90. The monoisotopic (exact) mass is 342 g/mol. The number of aliphatic hydroxyl groups excluding tert-OH is 1. The molecule has 0 saturated carbocycles. The predicted molar refractivity (Wildman–Crippen MR) is 91.1 cm³/mol. The number of ether oxygens (including phenoxy) is 1. The summed E-state index contributed by atoms with van der Waals surface area (Å²) in [5.41, 5.74) is 3.00. The van der Waals surface area contributed by atoms with Crippen molar-refractivity contribution < 1.29 is 19.0 Å². The number of nitrogens with zero attached hydrogens (tertiary/aromatic N) is 2. The Balaban J connectivity index is 1.96. The smallest absolute Gasteiger partial charge is 0.309 e. The zero-order valence-electron chi connectivity index (χ0n) is 14.1. The molecule has 0 bridgehead atoms. The molecule has 5 nitrogen and oxygen atoms in total. The third-order valence-electron chi connectivity index (χ3n) is 4.03. The summed E-state index contributed by atoms with van der Waals surface area (Å²) in [4.78, 5) is 20.3. The molecule has 0 aliphatic carbocycles. The van der Waals surface area contributed by atoms with Crippen LogP contribution in [0, 0.1) is 19.7 Å². The average Bonchev–Trinajstić information content (AvgIpc) is 2.53. The summed E-state index contributed by atoms with van der Waals surface area (Å²) in [7, 11) is 0. The second-order valence-corrected chi connectivity index (χ2v) is 6.11. The minimum Gasteiger partial charge on any atom is -0.458 e. The van der Waals surface area contributed by atoms with Crippen LogP contribution in [0.1, 0.15) is 29.9 Å². The van der Waals surface area contributed by atoms with Crippen LogP contribution < -0.4 is 0 Å². The molecule has 1 aliphatic heterocycles. The third-order valence-corrected chi connectivity index (χ3v) is 4.03. The number of aryl methyl sites for hydroxylation is 2. The van der Waals surface area contributed by atoms with E-state index in [-0.39, 0.29) is 12.2 Å². The van der Waals surface area contributed by atoms with Gasteiger partial charge >= 0.3 is 5.97 Å². The molecule has 25 heavy (non-hydrogen) atoms. The second-order valence-electron chi connectivity index (χ2n) is 6.11. The first-order valence-corrected chi connectivity index (χ1v) is 8.09. The van der Waals surface area contributed by atoms with Crippen LogP contribution in [0.5, 0.6) is 0 Å². The molecular formula is C19H19FN2O3. The molecule has 0 amide bonds. The van der Waals surface area contributed by atoms with E-state index in [0.29, 0.717) is 17.9 Å². The highest BCUT2D eigenvalue weighted by Crippen LogP contribution is 2.26. The highest BCUT2D eigenvalue weighted by atomic mass is 19.1. The fraction of sp³-hybridized carbons (Fsp3) is 0.316. The molecule has 2 aromatic rings. The van der Waals surface area contributed by atoms with Gasteiger partial charge in [0.15, 0.2) is 0 Å². The molecule has 130 valence electrons. The number of esters is 1. The van der Waals surface area contributed by atoms with Crippen LogP contribution >= 0.6 is 0 Å². The fourth-order valence-corrected chi connectivity index (χ4v) is 2.88. The van der Waals surface area contributed by atoms with Gasteiger partial charge in [-0.15, -0.1) is 0 Å². The zero-order valence-corrected chi connectivity index (χ0v) is 14.1. The summed E-state index contributed by atoms with van der Waals surface area (Å²) in [6.07, 6.45) is 2.73. The number of cyclic esters (lactones) is 1. The highest BCUT2D eigenvalue weighted by Gasteiger charge is 2.25. The predicted octanol–water partition coefficient (Wildman–Crippen LogP) is 2.98. The maximum atomic E-state index is 13.2. The molecule has 0 spiro atoms. The van der Waals surface area contributed by atoms with Crippen LogP contribution in [0.2, 0.25) is 0 Å². The summed E-state index contributed by atoms with van der Waals surface area (Å²) in [6.45, 7) is 3.66. The van der Waals surface area contributed by atoms with E-state index in [1.807, 2.05) is 6.92 Å². The van der Waals surface area contributed by atoms with Crippen molar-refractivity contribution in [1.82, 2.24) is 9.97 Å². The van der Waals surface area contributed by atoms with E-state index in [4.69, 9.17) is 4.74 Å². The van der Waals surface area contributed by atoms with Gasteiger partial charge in [0.2, 0.25) is 0 Å². The lowest BCUT2D eigenvalue weighted by atomic mass is 10.0. The van der Waals surface area contributed by atoms with Gasteiger partial charge in [-0.3, -0.25) is 4.79 Å². The van der Waals surface area contributed by atoms with Crippen molar-refractivity contribution in [1.29, 1.82) is 0 Å². The van der Waals surface area contributed by atoms with E-state index < -0.39 is 18.2 Å². The lowest BCUT2D eigenvalue weighted by molar-refractivity contribution is -0.156. The highest BCUT2D eigenvalue weighted by molar-refractivity contribution is 5.74. The molecule has 2 atom stereocenters. The first-order chi connectivity index (χ1) is 11.9. The summed E-state index contributed by atoms with van der Waals surface area (Å²) >= 11 is 0. The van der Waals surface area contributed by atoms with E-state index >= 15 is 0 Å². The van der Waals surface area contributed by atoms with E-state index in [9.17, 15) is 14.3 Å². The second kappa shape index (κ2) is 7.11. The lowest BCUT2D eigenvalue weighted by Crippen LogP contribution is -2.31. The molecule has 1 aliphatic rings. The Morgan fingerprint density at radius 2 is 1.96 bits per heavy atom. The average molecular weight is 342 g/mol. The van der Waals surface area contributed by atoms with Crippen LogP contribution in [-0.4, -0.2) is 33.3 Å². The van der Waals surface area contributed by atoms with Crippen LogP contribution in [0.25, 0.3) is 17.3 Å². The normalized spacial score (nSPS) is 20.7. The van der Waals surface area contributed by atoms with Gasteiger partial charge in [0.1, 0.15) is 17.7 Å². The molecule has 0 radical (unpaired) electrons. The summed E-state index contributed by atoms with van der Waals surface area (Å²) in [5, 5.41) is 9.70. The van der Waals surface area contributed by atoms with Crippen LogP contribution in [0.4, 0.5) is 4.39 Å². The van der Waals surface area contributed by atoms with Crippen molar-refractivity contribution in [3.63, 3.8) is 0 Å². The van der Waals surface area contributed by atoms with Crippen molar-refractivity contribution in [2.45, 2.75) is 38.9 Å². The number of aliphatic hydroxyl groups is 1. The largest absolute Gasteiger partial charge is 0.458 e. The van der Waals surface area contributed by atoms with Crippen molar-refractivity contribution in [3.8, 4) is 11.3 Å². The molecule has 1 saturated heterocycles. The van der Waals surface area contributed by atoms with Gasteiger partial charge < -0.3 is 9.84 Å². The van der Waals surface area contributed by atoms with Gasteiger partial charge in [-0.1, -0.05) is 6.08 Å². The Labute approximate surface area is 145 Å². The zero-order chi connectivity index (χ0) is 18.0. The number of hydrogen-bond donors (Lipinski definition) is 1. The van der Waals surface area contributed by atoms with Crippen molar-refractivity contribution in [3.05, 3.63) is 53.2 Å². The number of carbonyl (C=O) groups excluding carboxylic acids is 1. The third kappa shape index (κ3) is 4.09. The topological polar surface area (TPSA) is 72.3 Å². The Morgan fingerprint density at radius 3 is 2.64 bits per heavy atom. The maximum absolute atomic E-state index is 13.2. The summed E-state index contributed by atoms with van der Waals surface area (Å²) in [6, 6.07) is 6.10. The van der Waals surface area contributed by atoms with Crippen LogP contribution in [-0.2, 0) is 9.53 Å². The van der Waals surface area contributed by atoms with Gasteiger partial charge in [0.25, 0.3) is 0 Å². The standard InChI is InChI=1S/C19H19FN2O3/c1-11-17(8-7-16-9-15(23)10-18(24)25-16)19(22-12(2)21-11)13-3-5-14(20)6-4-13/h3-8,15-16,23H,9-10H2,1-2H3/b8-7+/t15-,16-/m0/s1. The molecule has 1 fully saturated rings. The van der Waals surface area contributed by atoms with Gasteiger partial charge in [0, 0.05) is 23.2 Å². The fourth-order valence-electron chi connectivity index (χ4n) is 2.88. The van der Waals surface area contributed by atoms with Gasteiger partial charge in [-0.25, -0.2) is 14.4 Å². The van der Waals surface area contributed by atoms with E-state index in [1.165, 1.54) is 12.1 Å². The quantitative estimate of drug-likeness (QED) is 0.868. The minimum absolute atomic E-state index is 0.0256. The van der Waals surface area contributed by atoms with Crippen molar-refractivity contribution in [2.75, 3.05) is 0 Å². The van der Waals surface area contributed by atoms with Gasteiger partial charge in [-0.2, -0.15) is 0 Å². The number of carbonyl (C=O) groups is 1. The van der Waals surface area contributed by atoms with Crippen LogP contribution in [0.15, 0.2) is 30.3 Å². The molecule has 2 heterocycles. The Morgan fingerprint density at radius 1 is 1.24 bits per heavy atom. The number of rotatable bonds is 3. The van der Waals surface area contributed by atoms with E-state index in [1.54, 1.807) is 31.2 Å². The first-order valence-electron chi connectivity index (χ1n) is 8.09. The lowest BCUT2D eigenvalue weighted by Gasteiger charge is -2.23. The van der Waals surface area contributed by atoms with Gasteiger partial charge in [-0.05, 0) is 44.2 Å². The van der Waals surface area contributed by atoms with Crippen LogP contribution in [0.3, 0.4) is 0 Å². The molecule has 1 aromatic heterocycles. The molecule has 1 N–H and O–H groups in total. The molecule has 1 aromatic carbocycles. The van der Waals surface area contributed by atoms with E-state index in [0.717, 1.165) is 16.8 Å². The SMILES string of the molecule is Cc1nc(C)c(/C=C/[C@H]2C[C@H](O)CC(=O)O2)c(-c2ccc(F)cc2)n1. The molecule has 0 unspecified atom stereocenters. The summed E-state index contributed by atoms with van der Waals surface area (Å²) in [5.74, 6) is -0.107. The van der Waals surface area contributed by atoms with Crippen molar-refractivity contribution in [2.24, 2.45) is 0 Å². The van der Waals surface area contributed by atoms with Gasteiger partial charge in [0.05, 0.1) is 18.2 Å². The molecular weight excluding hydrogens is 323 g/mol. The molecule has 6 heteroatoms. The number of halogens is 1. The number of benzene rings is 1. The number of hydrogen-bond acceptors (Lipinski definition) is 5. The maximum Gasteiger partial charge on any atom is 0.309 e. The molecule has 3 rings (SSSR count). The first kappa shape index (κ1) is 17.2.